The van der Waals surface area contributed by atoms with Gasteiger partial charge < -0.3 is 19.7 Å². The maximum Gasteiger partial charge on any atom is 0.257 e. The zero-order chi connectivity index (χ0) is 18.7. The minimum absolute atomic E-state index is 0.0680. The molecule has 7 heteroatoms. The first-order valence-electron chi connectivity index (χ1n) is 8.63. The molecule has 2 aromatic rings. The standard InChI is InChI=1S/C19H24N4O3/c1-12(2)22-19-20-9-15(10-21-19)18(24)23-6-5-13-7-16(25-3)17(26-4)8-14(13)11-23/h7-10,12H,5-6,11H2,1-4H3,(H,20,21,22). The Hall–Kier alpha value is -2.83. The van der Waals surface area contributed by atoms with Gasteiger partial charge in [0.25, 0.3) is 5.91 Å². The molecule has 138 valence electrons. The topological polar surface area (TPSA) is 76.6 Å². The predicted molar refractivity (Wildman–Crippen MR) is 98.8 cm³/mol. The van der Waals surface area contributed by atoms with E-state index in [1.165, 1.54) is 5.56 Å². The summed E-state index contributed by atoms with van der Waals surface area (Å²) in [5, 5.41) is 3.11. The first-order valence-corrected chi connectivity index (χ1v) is 8.63. The van der Waals surface area contributed by atoms with Crippen LogP contribution in [0.2, 0.25) is 0 Å². The van der Waals surface area contributed by atoms with Gasteiger partial charge in [-0.3, -0.25) is 4.79 Å². The SMILES string of the molecule is COc1cc2c(cc1OC)CN(C(=O)c1cnc(NC(C)C)nc1)CC2. The Morgan fingerprint density at radius 3 is 2.31 bits per heavy atom. The molecule has 0 bridgehead atoms. The van der Waals surface area contributed by atoms with Crippen molar-refractivity contribution in [1.29, 1.82) is 0 Å². The van der Waals surface area contributed by atoms with Gasteiger partial charge in [0.2, 0.25) is 5.95 Å². The number of nitrogens with zero attached hydrogens (tertiary/aromatic N) is 3. The number of rotatable bonds is 5. The van der Waals surface area contributed by atoms with Crippen molar-refractivity contribution in [2.75, 3.05) is 26.1 Å². The van der Waals surface area contributed by atoms with Gasteiger partial charge in [0, 0.05) is 31.5 Å². The van der Waals surface area contributed by atoms with Crippen molar-refractivity contribution in [2.24, 2.45) is 0 Å². The minimum atomic E-state index is -0.0680. The Balaban J connectivity index is 1.76. The molecule has 1 amide bonds. The fourth-order valence-electron chi connectivity index (χ4n) is 3.01. The first-order chi connectivity index (χ1) is 12.5. The lowest BCUT2D eigenvalue weighted by Crippen LogP contribution is -2.36. The molecular weight excluding hydrogens is 332 g/mol. The van der Waals surface area contributed by atoms with E-state index in [9.17, 15) is 4.79 Å². The first kappa shape index (κ1) is 18.0. The Kier molecular flexibility index (Phi) is 5.25. The molecule has 1 aliphatic heterocycles. The molecule has 1 aromatic carbocycles. The maximum atomic E-state index is 12.8. The molecule has 0 aliphatic carbocycles. The average Bonchev–Trinajstić information content (AvgIpc) is 2.66. The van der Waals surface area contributed by atoms with Crippen LogP contribution in [-0.4, -0.2) is 47.6 Å². The van der Waals surface area contributed by atoms with E-state index in [1.807, 2.05) is 30.9 Å². The summed E-state index contributed by atoms with van der Waals surface area (Å²) in [6.45, 7) is 5.20. The summed E-state index contributed by atoms with van der Waals surface area (Å²) in [5.74, 6) is 1.85. The molecule has 26 heavy (non-hydrogen) atoms. The number of nitrogens with one attached hydrogen (secondary N) is 1. The number of ether oxygens (including phenoxy) is 2. The highest BCUT2D eigenvalue weighted by molar-refractivity contribution is 5.93. The van der Waals surface area contributed by atoms with Crippen LogP contribution in [-0.2, 0) is 13.0 Å². The fourth-order valence-corrected chi connectivity index (χ4v) is 3.01. The number of carbonyl (C=O) groups is 1. The molecule has 0 saturated carbocycles. The van der Waals surface area contributed by atoms with Crippen LogP contribution < -0.4 is 14.8 Å². The monoisotopic (exact) mass is 356 g/mol. The predicted octanol–water partition coefficient (Wildman–Crippen LogP) is 2.51. The Labute approximate surface area is 153 Å². The molecule has 0 spiro atoms. The van der Waals surface area contributed by atoms with Crippen LogP contribution in [0.15, 0.2) is 24.5 Å². The van der Waals surface area contributed by atoms with E-state index in [2.05, 4.69) is 15.3 Å². The van der Waals surface area contributed by atoms with Crippen LogP contribution in [0.25, 0.3) is 0 Å². The lowest BCUT2D eigenvalue weighted by atomic mass is 9.98. The molecule has 3 rings (SSSR count). The molecule has 7 nitrogen and oxygen atoms in total. The smallest absolute Gasteiger partial charge is 0.257 e. The second-order valence-electron chi connectivity index (χ2n) is 6.55. The second-order valence-corrected chi connectivity index (χ2v) is 6.55. The van der Waals surface area contributed by atoms with E-state index >= 15 is 0 Å². The molecule has 1 N–H and O–H groups in total. The number of methoxy groups -OCH3 is 2. The number of fused-ring (bicyclic) bond motifs is 1. The number of hydrogen-bond acceptors (Lipinski definition) is 6. The summed E-state index contributed by atoms with van der Waals surface area (Å²) in [6, 6.07) is 4.17. The minimum Gasteiger partial charge on any atom is -0.493 e. The summed E-state index contributed by atoms with van der Waals surface area (Å²) in [4.78, 5) is 23.0. The number of amides is 1. The molecule has 0 radical (unpaired) electrons. The van der Waals surface area contributed by atoms with Crippen molar-refractivity contribution >= 4 is 11.9 Å². The van der Waals surface area contributed by atoms with Crippen molar-refractivity contribution in [3.05, 3.63) is 41.2 Å². The lowest BCUT2D eigenvalue weighted by Gasteiger charge is -2.29. The number of carbonyl (C=O) groups excluding carboxylic acids is 1. The fraction of sp³-hybridized carbons (Fsp3) is 0.421. The molecule has 0 saturated heterocycles. The zero-order valence-electron chi connectivity index (χ0n) is 15.6. The van der Waals surface area contributed by atoms with Crippen LogP contribution in [0.1, 0.15) is 35.3 Å². The number of aromatic nitrogens is 2. The normalized spacial score (nSPS) is 13.3. The quantitative estimate of drug-likeness (QED) is 0.887. The largest absolute Gasteiger partial charge is 0.493 e. The van der Waals surface area contributed by atoms with Crippen LogP contribution in [0.4, 0.5) is 5.95 Å². The van der Waals surface area contributed by atoms with Crippen LogP contribution in [0.5, 0.6) is 11.5 Å². The molecule has 1 aliphatic rings. The van der Waals surface area contributed by atoms with E-state index in [0.29, 0.717) is 36.1 Å². The van der Waals surface area contributed by atoms with Gasteiger partial charge in [-0.05, 0) is 43.5 Å². The third kappa shape index (κ3) is 3.71. The van der Waals surface area contributed by atoms with Crippen molar-refractivity contribution in [1.82, 2.24) is 14.9 Å². The van der Waals surface area contributed by atoms with Gasteiger partial charge in [-0.15, -0.1) is 0 Å². The van der Waals surface area contributed by atoms with E-state index in [1.54, 1.807) is 26.6 Å². The summed E-state index contributed by atoms with van der Waals surface area (Å²) in [6.07, 6.45) is 3.92. The molecule has 2 heterocycles. The van der Waals surface area contributed by atoms with Gasteiger partial charge in [0.05, 0.1) is 19.8 Å². The van der Waals surface area contributed by atoms with Gasteiger partial charge >= 0.3 is 0 Å². The van der Waals surface area contributed by atoms with Gasteiger partial charge in [-0.25, -0.2) is 9.97 Å². The van der Waals surface area contributed by atoms with Crippen molar-refractivity contribution < 1.29 is 14.3 Å². The summed E-state index contributed by atoms with van der Waals surface area (Å²) in [5.41, 5.74) is 2.74. The van der Waals surface area contributed by atoms with Gasteiger partial charge in [0.1, 0.15) is 0 Å². The Morgan fingerprint density at radius 2 is 1.73 bits per heavy atom. The summed E-state index contributed by atoms with van der Waals surface area (Å²) >= 11 is 0. The van der Waals surface area contributed by atoms with Gasteiger partial charge in [-0.2, -0.15) is 0 Å². The number of anilines is 1. The highest BCUT2D eigenvalue weighted by Gasteiger charge is 2.24. The second kappa shape index (κ2) is 7.59. The van der Waals surface area contributed by atoms with E-state index in [0.717, 1.165) is 12.0 Å². The van der Waals surface area contributed by atoms with Crippen molar-refractivity contribution in [3.63, 3.8) is 0 Å². The molecule has 0 unspecified atom stereocenters. The Morgan fingerprint density at radius 1 is 1.12 bits per heavy atom. The third-order valence-electron chi connectivity index (χ3n) is 4.32. The third-order valence-corrected chi connectivity index (χ3v) is 4.32. The van der Waals surface area contributed by atoms with Crippen LogP contribution in [0, 0.1) is 0 Å². The molecular formula is C19H24N4O3. The molecule has 0 atom stereocenters. The Bertz CT molecular complexity index is 790. The van der Waals surface area contributed by atoms with Crippen LogP contribution >= 0.6 is 0 Å². The zero-order valence-corrected chi connectivity index (χ0v) is 15.6. The summed E-state index contributed by atoms with van der Waals surface area (Å²) in [7, 11) is 3.24. The van der Waals surface area contributed by atoms with Gasteiger partial charge in [0.15, 0.2) is 11.5 Å². The number of hydrogen-bond donors (Lipinski definition) is 1. The number of benzene rings is 1. The maximum absolute atomic E-state index is 12.8. The summed E-state index contributed by atoms with van der Waals surface area (Å²) < 4.78 is 10.7. The van der Waals surface area contributed by atoms with Gasteiger partial charge in [-0.1, -0.05) is 0 Å². The molecule has 1 aromatic heterocycles. The lowest BCUT2D eigenvalue weighted by molar-refractivity contribution is 0.0733. The van der Waals surface area contributed by atoms with E-state index in [-0.39, 0.29) is 11.9 Å². The van der Waals surface area contributed by atoms with Crippen LogP contribution in [0.3, 0.4) is 0 Å². The highest BCUT2D eigenvalue weighted by atomic mass is 16.5. The van der Waals surface area contributed by atoms with Crippen molar-refractivity contribution in [2.45, 2.75) is 32.9 Å². The van der Waals surface area contributed by atoms with Crippen molar-refractivity contribution in [3.8, 4) is 11.5 Å². The average molecular weight is 356 g/mol. The van der Waals surface area contributed by atoms with E-state index < -0.39 is 0 Å². The van der Waals surface area contributed by atoms with E-state index in [4.69, 9.17) is 9.47 Å². The highest BCUT2D eigenvalue weighted by Crippen LogP contribution is 2.33. The molecule has 0 fully saturated rings.